The molecule has 0 aromatic heterocycles. The summed E-state index contributed by atoms with van der Waals surface area (Å²) in [5.41, 5.74) is 0. The third-order valence-corrected chi connectivity index (χ3v) is 2.80. The number of epoxide rings is 1. The van der Waals surface area contributed by atoms with Crippen LogP contribution in [0.15, 0.2) is 0 Å². The number of ether oxygens (including phenoxy) is 2. The van der Waals surface area contributed by atoms with E-state index >= 15 is 0 Å². The van der Waals surface area contributed by atoms with Crippen molar-refractivity contribution in [1.82, 2.24) is 0 Å². The molecule has 0 radical (unpaired) electrons. The Morgan fingerprint density at radius 1 is 1.38 bits per heavy atom. The van der Waals surface area contributed by atoms with Crippen molar-refractivity contribution < 1.29 is 9.47 Å². The molecule has 1 fully saturated rings. The summed E-state index contributed by atoms with van der Waals surface area (Å²) < 4.78 is 10.3. The third kappa shape index (κ3) is 4.63. The molecule has 1 rings (SSSR count). The maximum atomic E-state index is 5.25. The second-order valence-corrected chi connectivity index (χ2v) is 4.34. The Kier molecular flexibility index (Phi) is 4.74. The summed E-state index contributed by atoms with van der Waals surface area (Å²) >= 11 is 0. The predicted octanol–water partition coefficient (Wildman–Crippen LogP) is 2.47. The van der Waals surface area contributed by atoms with Crippen LogP contribution in [0.2, 0.25) is 0 Å². The minimum Gasteiger partial charge on any atom is -0.384 e. The van der Waals surface area contributed by atoms with E-state index in [1.807, 2.05) is 0 Å². The van der Waals surface area contributed by atoms with Crippen LogP contribution in [0, 0.1) is 11.8 Å². The molecule has 3 atom stereocenters. The number of methoxy groups -OCH3 is 1. The van der Waals surface area contributed by atoms with Crippen LogP contribution in [0.1, 0.15) is 33.1 Å². The fraction of sp³-hybridized carbons (Fsp3) is 1.00. The van der Waals surface area contributed by atoms with Gasteiger partial charge in [-0.05, 0) is 24.7 Å². The van der Waals surface area contributed by atoms with Gasteiger partial charge in [-0.1, -0.05) is 20.3 Å². The highest BCUT2D eigenvalue weighted by molar-refractivity contribution is 4.75. The zero-order chi connectivity index (χ0) is 9.68. The second-order valence-electron chi connectivity index (χ2n) is 4.34. The lowest BCUT2D eigenvalue weighted by Gasteiger charge is -2.11. The van der Waals surface area contributed by atoms with Gasteiger partial charge in [0.2, 0.25) is 0 Å². The summed E-state index contributed by atoms with van der Waals surface area (Å²) in [7, 11) is 1.77. The van der Waals surface area contributed by atoms with Gasteiger partial charge in [0.05, 0.1) is 12.7 Å². The standard InChI is InChI=1S/C11H22O2/c1-9(7-12-3)5-4-6-10(2)11-8-13-11/h9-11H,4-8H2,1-3H3. The quantitative estimate of drug-likeness (QED) is 0.570. The Morgan fingerprint density at radius 3 is 2.62 bits per heavy atom. The Labute approximate surface area is 81.6 Å². The van der Waals surface area contributed by atoms with E-state index in [-0.39, 0.29) is 0 Å². The van der Waals surface area contributed by atoms with Crippen LogP contribution in [0.3, 0.4) is 0 Å². The van der Waals surface area contributed by atoms with Crippen molar-refractivity contribution in [2.24, 2.45) is 11.8 Å². The van der Waals surface area contributed by atoms with Crippen molar-refractivity contribution in [2.45, 2.75) is 39.2 Å². The molecule has 0 amide bonds. The third-order valence-electron chi connectivity index (χ3n) is 2.80. The van der Waals surface area contributed by atoms with Crippen LogP contribution in [0.25, 0.3) is 0 Å². The number of hydrogen-bond donors (Lipinski definition) is 0. The molecule has 13 heavy (non-hydrogen) atoms. The van der Waals surface area contributed by atoms with E-state index in [9.17, 15) is 0 Å². The lowest BCUT2D eigenvalue weighted by molar-refractivity contribution is 0.153. The Morgan fingerprint density at radius 2 is 2.08 bits per heavy atom. The van der Waals surface area contributed by atoms with E-state index < -0.39 is 0 Å². The molecule has 2 heteroatoms. The van der Waals surface area contributed by atoms with E-state index in [1.54, 1.807) is 7.11 Å². The Bertz CT molecular complexity index is 132. The monoisotopic (exact) mass is 186 g/mol. The molecular weight excluding hydrogens is 164 g/mol. The Balaban J connectivity index is 1.92. The molecule has 1 saturated heterocycles. The lowest BCUT2D eigenvalue weighted by Crippen LogP contribution is -2.07. The summed E-state index contributed by atoms with van der Waals surface area (Å²) in [5, 5.41) is 0. The van der Waals surface area contributed by atoms with Crippen LogP contribution < -0.4 is 0 Å². The first kappa shape index (κ1) is 11.0. The van der Waals surface area contributed by atoms with Gasteiger partial charge >= 0.3 is 0 Å². The van der Waals surface area contributed by atoms with Crippen LogP contribution in [-0.2, 0) is 9.47 Å². The minimum absolute atomic E-state index is 0.581. The van der Waals surface area contributed by atoms with Crippen molar-refractivity contribution in [3.63, 3.8) is 0 Å². The molecule has 78 valence electrons. The zero-order valence-corrected chi connectivity index (χ0v) is 9.08. The van der Waals surface area contributed by atoms with Gasteiger partial charge in [-0.3, -0.25) is 0 Å². The van der Waals surface area contributed by atoms with Gasteiger partial charge in [0.25, 0.3) is 0 Å². The van der Waals surface area contributed by atoms with E-state index in [0.29, 0.717) is 12.0 Å². The average molecular weight is 186 g/mol. The molecule has 1 heterocycles. The van der Waals surface area contributed by atoms with Crippen LogP contribution in [0.4, 0.5) is 0 Å². The second kappa shape index (κ2) is 5.61. The van der Waals surface area contributed by atoms with Gasteiger partial charge < -0.3 is 9.47 Å². The maximum absolute atomic E-state index is 5.25. The molecule has 2 nitrogen and oxygen atoms in total. The molecule has 0 spiro atoms. The van der Waals surface area contributed by atoms with Gasteiger partial charge in [0, 0.05) is 13.7 Å². The van der Waals surface area contributed by atoms with Gasteiger partial charge in [-0.2, -0.15) is 0 Å². The maximum Gasteiger partial charge on any atom is 0.0835 e. The minimum atomic E-state index is 0.581. The van der Waals surface area contributed by atoms with E-state index in [0.717, 1.165) is 19.1 Å². The molecular formula is C11H22O2. The highest BCUT2D eigenvalue weighted by atomic mass is 16.6. The van der Waals surface area contributed by atoms with Crippen molar-refractivity contribution in [1.29, 1.82) is 0 Å². The van der Waals surface area contributed by atoms with Crippen molar-refractivity contribution >= 4 is 0 Å². The summed E-state index contributed by atoms with van der Waals surface area (Å²) in [5.74, 6) is 1.46. The van der Waals surface area contributed by atoms with Crippen molar-refractivity contribution in [3.05, 3.63) is 0 Å². The summed E-state index contributed by atoms with van der Waals surface area (Å²) in [6.07, 6.45) is 4.48. The average Bonchev–Trinajstić information content (AvgIpc) is 2.86. The first-order valence-electron chi connectivity index (χ1n) is 5.34. The van der Waals surface area contributed by atoms with Crippen molar-refractivity contribution in [3.8, 4) is 0 Å². The molecule has 0 aromatic rings. The molecule has 0 saturated carbocycles. The summed E-state index contributed by atoms with van der Waals surface area (Å²) in [6, 6.07) is 0. The first-order chi connectivity index (χ1) is 6.24. The fourth-order valence-electron chi connectivity index (χ4n) is 1.73. The van der Waals surface area contributed by atoms with Crippen LogP contribution in [-0.4, -0.2) is 26.4 Å². The Hall–Kier alpha value is -0.0800. The molecule has 3 unspecified atom stereocenters. The molecule has 1 aliphatic rings. The van der Waals surface area contributed by atoms with Crippen molar-refractivity contribution in [2.75, 3.05) is 20.3 Å². The number of rotatable bonds is 7. The summed E-state index contributed by atoms with van der Waals surface area (Å²) in [6.45, 7) is 6.43. The topological polar surface area (TPSA) is 21.8 Å². The highest BCUT2D eigenvalue weighted by Gasteiger charge is 2.28. The van der Waals surface area contributed by atoms with E-state index in [2.05, 4.69) is 13.8 Å². The molecule has 0 aliphatic carbocycles. The van der Waals surface area contributed by atoms with E-state index in [4.69, 9.17) is 9.47 Å². The predicted molar refractivity (Wildman–Crippen MR) is 53.8 cm³/mol. The number of hydrogen-bond acceptors (Lipinski definition) is 2. The highest BCUT2D eigenvalue weighted by Crippen LogP contribution is 2.24. The molecule has 1 aliphatic heterocycles. The smallest absolute Gasteiger partial charge is 0.0835 e. The SMILES string of the molecule is COCC(C)CCCC(C)C1CO1. The van der Waals surface area contributed by atoms with Gasteiger partial charge in [0.15, 0.2) is 0 Å². The van der Waals surface area contributed by atoms with Gasteiger partial charge in [-0.15, -0.1) is 0 Å². The van der Waals surface area contributed by atoms with E-state index in [1.165, 1.54) is 19.3 Å². The van der Waals surface area contributed by atoms with Gasteiger partial charge in [-0.25, -0.2) is 0 Å². The van der Waals surface area contributed by atoms with Crippen LogP contribution in [0.5, 0.6) is 0 Å². The largest absolute Gasteiger partial charge is 0.384 e. The molecule has 0 bridgehead atoms. The summed E-state index contributed by atoms with van der Waals surface area (Å²) in [4.78, 5) is 0. The zero-order valence-electron chi connectivity index (χ0n) is 9.08. The first-order valence-corrected chi connectivity index (χ1v) is 5.34. The fourth-order valence-corrected chi connectivity index (χ4v) is 1.73. The lowest BCUT2D eigenvalue weighted by atomic mass is 9.97. The van der Waals surface area contributed by atoms with Crippen LogP contribution >= 0.6 is 0 Å². The normalized spacial score (nSPS) is 25.6. The molecule has 0 N–H and O–H groups in total. The molecule has 0 aromatic carbocycles. The van der Waals surface area contributed by atoms with Gasteiger partial charge in [0.1, 0.15) is 0 Å².